The molecular formula is C19H19NO2. The number of hydrogen-bond acceptors (Lipinski definition) is 3. The topological polar surface area (TPSA) is 42.2 Å². The number of nitrogens with one attached hydrogen (secondary N) is 1. The van der Waals surface area contributed by atoms with Crippen molar-refractivity contribution in [3.05, 3.63) is 76.1 Å². The lowest BCUT2D eigenvalue weighted by molar-refractivity contribution is 0.548. The Labute approximate surface area is 129 Å². The van der Waals surface area contributed by atoms with Crippen molar-refractivity contribution in [2.75, 3.05) is 11.9 Å². The highest BCUT2D eigenvalue weighted by atomic mass is 16.4. The molecule has 0 saturated carbocycles. The van der Waals surface area contributed by atoms with Crippen LogP contribution in [-0.4, -0.2) is 6.54 Å². The van der Waals surface area contributed by atoms with Gasteiger partial charge in [0.05, 0.1) is 0 Å². The summed E-state index contributed by atoms with van der Waals surface area (Å²) in [5.41, 5.74) is 3.44. The third-order valence-corrected chi connectivity index (χ3v) is 3.69. The van der Waals surface area contributed by atoms with Crippen molar-refractivity contribution in [3.8, 4) is 0 Å². The highest BCUT2D eigenvalue weighted by Crippen LogP contribution is 2.16. The van der Waals surface area contributed by atoms with Gasteiger partial charge in [0.25, 0.3) is 0 Å². The Morgan fingerprint density at radius 1 is 1.05 bits per heavy atom. The standard InChI is InChI=1S/C19H19NO2/c1-14-9-10-18-16(12-14)13-15(19(21)22-18)6-5-11-20-17-7-3-2-4-8-17/h2-4,7-10,12-13,20H,5-6,11H2,1H3. The summed E-state index contributed by atoms with van der Waals surface area (Å²) in [5, 5.41) is 4.34. The van der Waals surface area contributed by atoms with E-state index in [1.165, 1.54) is 0 Å². The Balaban J connectivity index is 1.66. The summed E-state index contributed by atoms with van der Waals surface area (Å²) >= 11 is 0. The number of aryl methyl sites for hydroxylation is 2. The molecule has 0 aliphatic carbocycles. The molecule has 112 valence electrons. The van der Waals surface area contributed by atoms with Crippen molar-refractivity contribution < 1.29 is 4.42 Å². The van der Waals surface area contributed by atoms with Gasteiger partial charge in [-0.1, -0.05) is 29.8 Å². The molecule has 0 aliphatic heterocycles. The van der Waals surface area contributed by atoms with Crippen molar-refractivity contribution >= 4 is 16.7 Å². The van der Waals surface area contributed by atoms with E-state index in [4.69, 9.17) is 4.42 Å². The van der Waals surface area contributed by atoms with E-state index in [1.807, 2.05) is 61.5 Å². The second-order valence-corrected chi connectivity index (χ2v) is 5.50. The maximum Gasteiger partial charge on any atom is 0.339 e. The fraction of sp³-hybridized carbons (Fsp3) is 0.211. The summed E-state index contributed by atoms with van der Waals surface area (Å²) in [4.78, 5) is 12.0. The van der Waals surface area contributed by atoms with Crippen LogP contribution < -0.4 is 10.9 Å². The van der Waals surface area contributed by atoms with Gasteiger partial charge in [-0.3, -0.25) is 0 Å². The summed E-state index contributed by atoms with van der Waals surface area (Å²) in [5.74, 6) is 0. The summed E-state index contributed by atoms with van der Waals surface area (Å²) in [7, 11) is 0. The van der Waals surface area contributed by atoms with Crippen LogP contribution in [0.15, 0.2) is 63.8 Å². The van der Waals surface area contributed by atoms with Crippen LogP contribution in [0, 0.1) is 6.92 Å². The van der Waals surface area contributed by atoms with Gasteiger partial charge in [0.15, 0.2) is 0 Å². The monoisotopic (exact) mass is 293 g/mol. The Kier molecular flexibility index (Phi) is 4.24. The molecular weight excluding hydrogens is 274 g/mol. The third-order valence-electron chi connectivity index (χ3n) is 3.69. The molecule has 0 aliphatic rings. The number of para-hydroxylation sites is 1. The van der Waals surface area contributed by atoms with Crippen LogP contribution in [0.2, 0.25) is 0 Å². The van der Waals surface area contributed by atoms with Crippen LogP contribution >= 0.6 is 0 Å². The normalized spacial score (nSPS) is 10.8. The minimum atomic E-state index is -0.226. The van der Waals surface area contributed by atoms with Crippen molar-refractivity contribution in [1.29, 1.82) is 0 Å². The van der Waals surface area contributed by atoms with E-state index in [1.54, 1.807) is 0 Å². The number of benzene rings is 2. The zero-order valence-electron chi connectivity index (χ0n) is 12.6. The van der Waals surface area contributed by atoms with Crippen LogP contribution in [0.25, 0.3) is 11.0 Å². The highest BCUT2D eigenvalue weighted by Gasteiger charge is 2.05. The zero-order chi connectivity index (χ0) is 15.4. The molecule has 0 atom stereocenters. The van der Waals surface area contributed by atoms with Gasteiger partial charge >= 0.3 is 5.63 Å². The fourth-order valence-corrected chi connectivity index (χ4v) is 2.53. The smallest absolute Gasteiger partial charge is 0.339 e. The van der Waals surface area contributed by atoms with E-state index in [-0.39, 0.29) is 5.63 Å². The molecule has 0 bridgehead atoms. The van der Waals surface area contributed by atoms with Crippen LogP contribution in [-0.2, 0) is 6.42 Å². The minimum Gasteiger partial charge on any atom is -0.423 e. The molecule has 0 saturated heterocycles. The maximum atomic E-state index is 12.0. The van der Waals surface area contributed by atoms with Gasteiger partial charge in [-0.05, 0) is 50.1 Å². The lowest BCUT2D eigenvalue weighted by atomic mass is 10.1. The van der Waals surface area contributed by atoms with Crippen LogP contribution in [0.5, 0.6) is 0 Å². The molecule has 0 fully saturated rings. The second-order valence-electron chi connectivity index (χ2n) is 5.50. The Hall–Kier alpha value is -2.55. The van der Waals surface area contributed by atoms with Crippen LogP contribution in [0.1, 0.15) is 17.5 Å². The van der Waals surface area contributed by atoms with Gasteiger partial charge in [0.2, 0.25) is 0 Å². The Morgan fingerprint density at radius 2 is 1.86 bits per heavy atom. The van der Waals surface area contributed by atoms with Gasteiger partial charge < -0.3 is 9.73 Å². The van der Waals surface area contributed by atoms with E-state index in [0.717, 1.165) is 35.2 Å². The molecule has 0 amide bonds. The second kappa shape index (κ2) is 6.48. The quantitative estimate of drug-likeness (QED) is 0.567. The first-order valence-corrected chi connectivity index (χ1v) is 7.55. The van der Waals surface area contributed by atoms with Crippen molar-refractivity contribution in [3.63, 3.8) is 0 Å². The van der Waals surface area contributed by atoms with Crippen molar-refractivity contribution in [1.82, 2.24) is 0 Å². The molecule has 1 N–H and O–H groups in total. The number of hydrogen-bond donors (Lipinski definition) is 1. The van der Waals surface area contributed by atoms with Gasteiger partial charge in [0.1, 0.15) is 5.58 Å². The summed E-state index contributed by atoms with van der Waals surface area (Å²) < 4.78 is 5.39. The van der Waals surface area contributed by atoms with Gasteiger partial charge in [-0.25, -0.2) is 4.79 Å². The average molecular weight is 293 g/mol. The summed E-state index contributed by atoms with van der Waals surface area (Å²) in [6, 6.07) is 17.9. The first kappa shape index (κ1) is 14.4. The largest absolute Gasteiger partial charge is 0.423 e. The van der Waals surface area contributed by atoms with Crippen LogP contribution in [0.3, 0.4) is 0 Å². The zero-order valence-corrected chi connectivity index (χ0v) is 12.6. The molecule has 0 radical (unpaired) electrons. The predicted octanol–water partition coefficient (Wildman–Crippen LogP) is 4.15. The summed E-state index contributed by atoms with van der Waals surface area (Å²) in [6.07, 6.45) is 1.60. The molecule has 3 aromatic rings. The van der Waals surface area contributed by atoms with Crippen molar-refractivity contribution in [2.45, 2.75) is 19.8 Å². The predicted molar refractivity (Wildman–Crippen MR) is 90.5 cm³/mol. The highest BCUT2D eigenvalue weighted by molar-refractivity contribution is 5.77. The molecule has 2 aromatic carbocycles. The average Bonchev–Trinajstić information content (AvgIpc) is 2.53. The van der Waals surface area contributed by atoms with E-state index < -0.39 is 0 Å². The molecule has 3 rings (SSSR count). The van der Waals surface area contributed by atoms with E-state index in [2.05, 4.69) is 5.32 Å². The van der Waals surface area contributed by atoms with Crippen LogP contribution in [0.4, 0.5) is 5.69 Å². The van der Waals surface area contributed by atoms with E-state index in [9.17, 15) is 4.79 Å². The maximum absolute atomic E-state index is 12.0. The molecule has 3 nitrogen and oxygen atoms in total. The lowest BCUT2D eigenvalue weighted by Gasteiger charge is -2.06. The molecule has 3 heteroatoms. The Morgan fingerprint density at radius 3 is 2.68 bits per heavy atom. The van der Waals surface area contributed by atoms with Gasteiger partial charge in [0, 0.05) is 23.2 Å². The minimum absolute atomic E-state index is 0.226. The number of anilines is 1. The molecule has 1 heterocycles. The first-order chi connectivity index (χ1) is 10.7. The first-order valence-electron chi connectivity index (χ1n) is 7.55. The number of fused-ring (bicyclic) bond motifs is 1. The molecule has 0 spiro atoms. The van der Waals surface area contributed by atoms with E-state index >= 15 is 0 Å². The number of rotatable bonds is 5. The Bertz CT molecular complexity index is 822. The van der Waals surface area contributed by atoms with Crippen molar-refractivity contribution in [2.24, 2.45) is 0 Å². The fourth-order valence-electron chi connectivity index (χ4n) is 2.53. The lowest BCUT2D eigenvalue weighted by Crippen LogP contribution is -2.10. The third kappa shape index (κ3) is 3.37. The SMILES string of the molecule is Cc1ccc2oc(=O)c(CCCNc3ccccc3)cc2c1. The molecule has 22 heavy (non-hydrogen) atoms. The van der Waals surface area contributed by atoms with Gasteiger partial charge in [-0.15, -0.1) is 0 Å². The molecule has 0 unspecified atom stereocenters. The van der Waals surface area contributed by atoms with Gasteiger partial charge in [-0.2, -0.15) is 0 Å². The molecule has 1 aromatic heterocycles. The summed E-state index contributed by atoms with van der Waals surface area (Å²) in [6.45, 7) is 2.86. The van der Waals surface area contributed by atoms with E-state index in [0.29, 0.717) is 12.0 Å².